The van der Waals surface area contributed by atoms with Gasteiger partial charge < -0.3 is 14.6 Å². The third kappa shape index (κ3) is 3.22. The van der Waals surface area contributed by atoms with E-state index in [0.717, 1.165) is 35.1 Å². The number of furan rings is 1. The summed E-state index contributed by atoms with van der Waals surface area (Å²) in [6.45, 7) is 2.98. The molecule has 0 bridgehead atoms. The van der Waals surface area contributed by atoms with Gasteiger partial charge in [-0.25, -0.2) is 0 Å². The van der Waals surface area contributed by atoms with Gasteiger partial charge in [0.15, 0.2) is 0 Å². The lowest BCUT2D eigenvalue weighted by Crippen LogP contribution is -2.49. The van der Waals surface area contributed by atoms with Gasteiger partial charge >= 0.3 is 0 Å². The number of hydrogen-bond donors (Lipinski definition) is 1. The summed E-state index contributed by atoms with van der Waals surface area (Å²) < 4.78 is 5.88. The van der Waals surface area contributed by atoms with Crippen molar-refractivity contribution < 1.29 is 14.0 Å². The predicted octanol–water partition coefficient (Wildman–Crippen LogP) is 3.54. The second-order valence-corrected chi connectivity index (χ2v) is 7.58. The fraction of sp³-hybridized carbons (Fsp3) is 0.524. The van der Waals surface area contributed by atoms with Crippen molar-refractivity contribution in [2.45, 2.75) is 58.0 Å². The molecule has 26 heavy (non-hydrogen) atoms. The van der Waals surface area contributed by atoms with Gasteiger partial charge in [-0.15, -0.1) is 0 Å². The molecule has 2 aromatic rings. The Kier molecular flexibility index (Phi) is 4.70. The van der Waals surface area contributed by atoms with E-state index in [2.05, 4.69) is 5.32 Å². The zero-order valence-electron chi connectivity index (χ0n) is 15.3. The molecule has 1 atom stereocenters. The molecular formula is C21H26N2O3. The van der Waals surface area contributed by atoms with E-state index in [9.17, 15) is 9.59 Å². The number of likely N-dealkylation sites (tertiary alicyclic amines) is 1. The largest absolute Gasteiger partial charge is 0.459 e. The van der Waals surface area contributed by atoms with Crippen molar-refractivity contribution in [3.8, 4) is 0 Å². The average Bonchev–Trinajstić information content (AvgIpc) is 3.29. The number of amides is 2. The van der Waals surface area contributed by atoms with E-state index < -0.39 is 0 Å². The van der Waals surface area contributed by atoms with Crippen LogP contribution in [-0.2, 0) is 16.1 Å². The highest BCUT2D eigenvalue weighted by Gasteiger charge is 2.35. The molecular weight excluding hydrogens is 328 g/mol. The molecule has 1 saturated heterocycles. The van der Waals surface area contributed by atoms with Gasteiger partial charge in [0.1, 0.15) is 11.3 Å². The van der Waals surface area contributed by atoms with Gasteiger partial charge in [0.25, 0.3) is 0 Å². The van der Waals surface area contributed by atoms with Crippen LogP contribution in [0.25, 0.3) is 11.0 Å². The number of benzene rings is 1. The smallest absolute Gasteiger partial charge is 0.225 e. The number of aryl methyl sites for hydroxylation is 1. The fourth-order valence-electron chi connectivity index (χ4n) is 4.36. The number of carbonyl (C=O) groups is 2. The standard InChI is InChI=1S/C21H26N2O3/c1-14-17-8-4-5-9-18(17)26-19(14)12-22-21(25)15-10-11-20(24)23(13-15)16-6-2-3-7-16/h4-5,8-9,15-16H,2-3,6-7,10-13H2,1H3,(H,22,25). The quantitative estimate of drug-likeness (QED) is 0.913. The van der Waals surface area contributed by atoms with Gasteiger partial charge in [-0.2, -0.15) is 0 Å². The number of piperidine rings is 1. The van der Waals surface area contributed by atoms with E-state index in [0.29, 0.717) is 32.0 Å². The first-order valence-electron chi connectivity index (χ1n) is 9.67. The molecule has 2 heterocycles. The SMILES string of the molecule is Cc1c(CNC(=O)C2CCC(=O)N(C3CCCC3)C2)oc2ccccc12. The molecule has 1 aromatic carbocycles. The van der Waals surface area contributed by atoms with Crippen LogP contribution in [0, 0.1) is 12.8 Å². The number of nitrogens with one attached hydrogen (secondary N) is 1. The minimum absolute atomic E-state index is 0.0281. The van der Waals surface area contributed by atoms with Crippen LogP contribution in [0.15, 0.2) is 28.7 Å². The number of fused-ring (bicyclic) bond motifs is 1. The number of rotatable bonds is 4. The molecule has 1 aliphatic heterocycles. The van der Waals surface area contributed by atoms with Gasteiger partial charge in [-0.3, -0.25) is 9.59 Å². The molecule has 2 aliphatic rings. The van der Waals surface area contributed by atoms with Crippen LogP contribution in [0.1, 0.15) is 49.8 Å². The molecule has 0 radical (unpaired) electrons. The molecule has 4 rings (SSSR count). The van der Waals surface area contributed by atoms with Crippen LogP contribution in [0.3, 0.4) is 0 Å². The highest BCUT2D eigenvalue weighted by Crippen LogP contribution is 2.29. The van der Waals surface area contributed by atoms with Crippen LogP contribution in [0.4, 0.5) is 0 Å². The zero-order valence-corrected chi connectivity index (χ0v) is 15.3. The van der Waals surface area contributed by atoms with Crippen LogP contribution >= 0.6 is 0 Å². The van der Waals surface area contributed by atoms with Crippen molar-refractivity contribution >= 4 is 22.8 Å². The van der Waals surface area contributed by atoms with Gasteiger partial charge in [-0.1, -0.05) is 31.0 Å². The lowest BCUT2D eigenvalue weighted by molar-refractivity contribution is -0.140. The lowest BCUT2D eigenvalue weighted by Gasteiger charge is -2.36. The van der Waals surface area contributed by atoms with Crippen molar-refractivity contribution in [2.75, 3.05) is 6.54 Å². The first-order valence-corrected chi connectivity index (χ1v) is 9.67. The number of carbonyl (C=O) groups excluding carboxylic acids is 2. The third-order valence-electron chi connectivity index (χ3n) is 5.95. The maximum atomic E-state index is 12.7. The molecule has 1 saturated carbocycles. The zero-order chi connectivity index (χ0) is 18.1. The number of para-hydroxylation sites is 1. The number of nitrogens with zero attached hydrogens (tertiary/aromatic N) is 1. The first kappa shape index (κ1) is 17.1. The van der Waals surface area contributed by atoms with Crippen molar-refractivity contribution in [1.29, 1.82) is 0 Å². The summed E-state index contributed by atoms with van der Waals surface area (Å²) >= 11 is 0. The Morgan fingerprint density at radius 3 is 2.77 bits per heavy atom. The van der Waals surface area contributed by atoms with Crippen molar-refractivity contribution in [1.82, 2.24) is 10.2 Å². The summed E-state index contributed by atoms with van der Waals surface area (Å²) in [5, 5.41) is 4.12. The third-order valence-corrected chi connectivity index (χ3v) is 5.95. The normalized spacial score (nSPS) is 21.5. The Hall–Kier alpha value is -2.30. The maximum absolute atomic E-state index is 12.7. The molecule has 5 heteroatoms. The van der Waals surface area contributed by atoms with Gasteiger partial charge in [0.2, 0.25) is 11.8 Å². The van der Waals surface area contributed by atoms with Gasteiger partial charge in [0, 0.05) is 30.0 Å². The Morgan fingerprint density at radius 1 is 1.23 bits per heavy atom. The Labute approximate surface area is 153 Å². The maximum Gasteiger partial charge on any atom is 0.225 e. The molecule has 1 aromatic heterocycles. The molecule has 0 spiro atoms. The van der Waals surface area contributed by atoms with E-state index in [1.807, 2.05) is 36.1 Å². The van der Waals surface area contributed by atoms with E-state index in [1.54, 1.807) is 0 Å². The molecule has 1 N–H and O–H groups in total. The van der Waals surface area contributed by atoms with E-state index in [1.165, 1.54) is 12.8 Å². The van der Waals surface area contributed by atoms with Crippen LogP contribution in [0.2, 0.25) is 0 Å². The first-order chi connectivity index (χ1) is 12.6. The van der Waals surface area contributed by atoms with Crippen LogP contribution < -0.4 is 5.32 Å². The number of hydrogen-bond acceptors (Lipinski definition) is 3. The minimum Gasteiger partial charge on any atom is -0.459 e. The van der Waals surface area contributed by atoms with Crippen LogP contribution in [-0.4, -0.2) is 29.3 Å². The summed E-state index contributed by atoms with van der Waals surface area (Å²) in [5.41, 5.74) is 1.93. The van der Waals surface area contributed by atoms with Crippen molar-refractivity contribution in [3.05, 3.63) is 35.6 Å². The predicted molar refractivity (Wildman–Crippen MR) is 99.5 cm³/mol. The molecule has 1 aliphatic carbocycles. The Bertz CT molecular complexity index is 820. The van der Waals surface area contributed by atoms with Gasteiger partial charge in [0.05, 0.1) is 12.5 Å². The Morgan fingerprint density at radius 2 is 2.00 bits per heavy atom. The molecule has 5 nitrogen and oxygen atoms in total. The lowest BCUT2D eigenvalue weighted by atomic mass is 9.95. The summed E-state index contributed by atoms with van der Waals surface area (Å²) in [4.78, 5) is 26.9. The van der Waals surface area contributed by atoms with Crippen LogP contribution in [0.5, 0.6) is 0 Å². The van der Waals surface area contributed by atoms with Gasteiger partial charge in [-0.05, 0) is 32.3 Å². The monoisotopic (exact) mass is 354 g/mol. The second kappa shape index (κ2) is 7.14. The summed E-state index contributed by atoms with van der Waals surface area (Å²) in [5.74, 6) is 0.937. The Balaban J connectivity index is 1.39. The highest BCUT2D eigenvalue weighted by atomic mass is 16.3. The molecule has 2 amide bonds. The molecule has 1 unspecified atom stereocenters. The molecule has 138 valence electrons. The van der Waals surface area contributed by atoms with E-state index in [-0.39, 0.29) is 17.7 Å². The summed E-state index contributed by atoms with van der Waals surface area (Å²) in [6, 6.07) is 8.26. The second-order valence-electron chi connectivity index (χ2n) is 7.58. The fourth-order valence-corrected chi connectivity index (χ4v) is 4.36. The van der Waals surface area contributed by atoms with Crippen molar-refractivity contribution in [3.63, 3.8) is 0 Å². The van der Waals surface area contributed by atoms with E-state index in [4.69, 9.17) is 4.42 Å². The summed E-state index contributed by atoms with van der Waals surface area (Å²) in [7, 11) is 0. The minimum atomic E-state index is -0.113. The topological polar surface area (TPSA) is 62.6 Å². The molecule has 2 fully saturated rings. The average molecular weight is 354 g/mol. The highest BCUT2D eigenvalue weighted by molar-refractivity contribution is 5.85. The van der Waals surface area contributed by atoms with Crippen molar-refractivity contribution in [2.24, 2.45) is 5.92 Å². The van der Waals surface area contributed by atoms with E-state index >= 15 is 0 Å². The summed E-state index contributed by atoms with van der Waals surface area (Å²) in [6.07, 6.45) is 5.68.